The van der Waals surface area contributed by atoms with Crippen molar-refractivity contribution in [2.24, 2.45) is 0 Å². The highest BCUT2D eigenvalue weighted by atomic mass is 16.7. The van der Waals surface area contributed by atoms with Crippen LogP contribution in [0.4, 0.5) is 0 Å². The van der Waals surface area contributed by atoms with E-state index in [2.05, 4.69) is 4.74 Å². The molecule has 5 nitrogen and oxygen atoms in total. The van der Waals surface area contributed by atoms with Crippen LogP contribution in [0.1, 0.15) is 20.3 Å². The van der Waals surface area contributed by atoms with Crippen molar-refractivity contribution < 1.29 is 23.7 Å². The molecule has 2 unspecified atom stereocenters. The van der Waals surface area contributed by atoms with Crippen LogP contribution in [0, 0.1) is 0 Å². The predicted molar refractivity (Wildman–Crippen MR) is 52.3 cm³/mol. The first kappa shape index (κ1) is 12.4. The van der Waals surface area contributed by atoms with Gasteiger partial charge in [-0.25, -0.2) is 0 Å². The van der Waals surface area contributed by atoms with Crippen LogP contribution in [0.3, 0.4) is 0 Å². The zero-order valence-corrected chi connectivity index (χ0v) is 9.39. The molecule has 1 aliphatic heterocycles. The number of hydrogen-bond donors (Lipinski definition) is 0. The van der Waals surface area contributed by atoms with Gasteiger partial charge in [-0.3, -0.25) is 4.79 Å². The summed E-state index contributed by atoms with van der Waals surface area (Å²) in [6.07, 6.45) is 0.298. The molecule has 1 saturated heterocycles. The van der Waals surface area contributed by atoms with Gasteiger partial charge in [0.25, 0.3) is 6.47 Å². The average Bonchev–Trinajstić information content (AvgIpc) is 2.52. The third-order valence-corrected chi connectivity index (χ3v) is 2.29. The molecule has 0 aliphatic carbocycles. The Morgan fingerprint density at radius 1 is 1.60 bits per heavy atom. The summed E-state index contributed by atoms with van der Waals surface area (Å²) in [4.78, 5) is 10.0. The Bertz CT molecular complexity index is 204. The van der Waals surface area contributed by atoms with Gasteiger partial charge in [0.1, 0.15) is 6.61 Å². The van der Waals surface area contributed by atoms with E-state index < -0.39 is 6.29 Å². The van der Waals surface area contributed by atoms with Gasteiger partial charge in [-0.15, -0.1) is 0 Å². The van der Waals surface area contributed by atoms with Gasteiger partial charge in [0.2, 0.25) is 0 Å². The highest BCUT2D eigenvalue weighted by molar-refractivity contribution is 5.36. The fourth-order valence-electron chi connectivity index (χ4n) is 1.57. The summed E-state index contributed by atoms with van der Waals surface area (Å²) in [6, 6.07) is 0. The molecule has 0 radical (unpaired) electrons. The maximum atomic E-state index is 10.0. The Kier molecular flexibility index (Phi) is 4.50. The molecule has 0 bridgehead atoms. The lowest BCUT2D eigenvalue weighted by Crippen LogP contribution is -2.28. The first-order valence-corrected chi connectivity index (χ1v) is 4.95. The monoisotopic (exact) mass is 218 g/mol. The second kappa shape index (κ2) is 5.44. The van der Waals surface area contributed by atoms with Crippen LogP contribution in [0.5, 0.6) is 0 Å². The quantitative estimate of drug-likeness (QED) is 0.485. The van der Waals surface area contributed by atoms with Crippen molar-refractivity contribution in [2.45, 2.75) is 38.3 Å². The first-order valence-electron chi connectivity index (χ1n) is 4.95. The molecule has 1 rings (SSSR count). The molecular weight excluding hydrogens is 200 g/mol. The smallest absolute Gasteiger partial charge is 0.293 e. The number of carbonyl (C=O) groups is 1. The number of hydrogen-bond acceptors (Lipinski definition) is 5. The third-order valence-electron chi connectivity index (χ3n) is 2.29. The van der Waals surface area contributed by atoms with E-state index in [9.17, 15) is 4.79 Å². The van der Waals surface area contributed by atoms with Crippen molar-refractivity contribution in [2.75, 3.05) is 20.3 Å². The summed E-state index contributed by atoms with van der Waals surface area (Å²) in [6.45, 7) is 5.07. The van der Waals surface area contributed by atoms with Gasteiger partial charge in [0, 0.05) is 13.5 Å². The van der Waals surface area contributed by atoms with E-state index in [0.717, 1.165) is 6.42 Å². The second-order valence-electron chi connectivity index (χ2n) is 4.13. The van der Waals surface area contributed by atoms with Gasteiger partial charge in [0.15, 0.2) is 6.29 Å². The summed E-state index contributed by atoms with van der Waals surface area (Å²) in [7, 11) is 1.51. The van der Waals surface area contributed by atoms with Crippen LogP contribution in [0.25, 0.3) is 0 Å². The zero-order chi connectivity index (χ0) is 11.3. The van der Waals surface area contributed by atoms with Crippen molar-refractivity contribution in [3.8, 4) is 0 Å². The SMILES string of the molecule is COC(COC=O)OC1COC(C)(C)C1. The molecule has 5 heteroatoms. The minimum absolute atomic E-state index is 0.000187. The molecule has 0 aromatic heterocycles. The molecule has 0 aromatic rings. The second-order valence-corrected chi connectivity index (χ2v) is 4.13. The first-order chi connectivity index (χ1) is 7.07. The van der Waals surface area contributed by atoms with E-state index >= 15 is 0 Å². The van der Waals surface area contributed by atoms with E-state index in [1.807, 2.05) is 13.8 Å². The summed E-state index contributed by atoms with van der Waals surface area (Å²) < 4.78 is 20.7. The summed E-state index contributed by atoms with van der Waals surface area (Å²) >= 11 is 0. The molecule has 0 amide bonds. The Balaban J connectivity index is 2.30. The van der Waals surface area contributed by atoms with Gasteiger partial charge >= 0.3 is 0 Å². The fourth-order valence-corrected chi connectivity index (χ4v) is 1.57. The molecule has 0 spiro atoms. The van der Waals surface area contributed by atoms with E-state index in [0.29, 0.717) is 13.1 Å². The summed E-state index contributed by atoms with van der Waals surface area (Å²) in [5, 5.41) is 0. The Hall–Kier alpha value is -0.650. The van der Waals surface area contributed by atoms with Crippen LogP contribution in [-0.2, 0) is 23.7 Å². The maximum absolute atomic E-state index is 10.0. The van der Waals surface area contributed by atoms with Crippen LogP contribution < -0.4 is 0 Å². The lowest BCUT2D eigenvalue weighted by Gasteiger charge is -2.20. The van der Waals surface area contributed by atoms with Gasteiger partial charge in [-0.05, 0) is 13.8 Å². The molecule has 0 aromatic carbocycles. The van der Waals surface area contributed by atoms with Crippen LogP contribution in [0.2, 0.25) is 0 Å². The minimum Gasteiger partial charge on any atom is -0.462 e. The van der Waals surface area contributed by atoms with Crippen molar-refractivity contribution in [3.63, 3.8) is 0 Å². The van der Waals surface area contributed by atoms with E-state index in [-0.39, 0.29) is 18.3 Å². The van der Waals surface area contributed by atoms with Crippen molar-refractivity contribution in [1.29, 1.82) is 0 Å². The average molecular weight is 218 g/mol. The van der Waals surface area contributed by atoms with Gasteiger partial charge < -0.3 is 18.9 Å². The van der Waals surface area contributed by atoms with E-state index in [1.54, 1.807) is 0 Å². The highest BCUT2D eigenvalue weighted by Crippen LogP contribution is 2.27. The molecule has 0 N–H and O–H groups in total. The number of rotatable bonds is 6. The maximum Gasteiger partial charge on any atom is 0.293 e. The molecule has 1 heterocycles. The predicted octanol–water partition coefficient (Wildman–Crippen LogP) is 0.716. The van der Waals surface area contributed by atoms with Crippen molar-refractivity contribution >= 4 is 6.47 Å². The Morgan fingerprint density at radius 3 is 2.80 bits per heavy atom. The molecule has 1 fully saturated rings. The molecule has 2 atom stereocenters. The lowest BCUT2D eigenvalue weighted by atomic mass is 10.1. The van der Waals surface area contributed by atoms with Crippen molar-refractivity contribution in [3.05, 3.63) is 0 Å². The zero-order valence-electron chi connectivity index (χ0n) is 9.39. The van der Waals surface area contributed by atoms with Crippen LogP contribution >= 0.6 is 0 Å². The molecule has 88 valence electrons. The summed E-state index contributed by atoms with van der Waals surface area (Å²) in [5.41, 5.74) is -0.144. The standard InChI is InChI=1S/C10H18O5/c1-10(2)4-8(5-14-10)15-9(12-3)6-13-7-11/h7-9H,4-6H2,1-3H3. The molecule has 0 saturated carbocycles. The lowest BCUT2D eigenvalue weighted by molar-refractivity contribution is -0.182. The van der Waals surface area contributed by atoms with E-state index in [1.165, 1.54) is 7.11 Å². The third kappa shape index (κ3) is 4.15. The number of carbonyl (C=O) groups excluding carboxylic acids is 1. The Morgan fingerprint density at radius 2 is 2.33 bits per heavy atom. The van der Waals surface area contributed by atoms with Gasteiger partial charge in [0.05, 0.1) is 18.3 Å². The number of ether oxygens (including phenoxy) is 4. The van der Waals surface area contributed by atoms with Gasteiger partial charge in [-0.2, -0.15) is 0 Å². The molecule has 15 heavy (non-hydrogen) atoms. The fraction of sp³-hybridized carbons (Fsp3) is 0.900. The van der Waals surface area contributed by atoms with Crippen molar-refractivity contribution in [1.82, 2.24) is 0 Å². The van der Waals surface area contributed by atoms with E-state index in [4.69, 9.17) is 14.2 Å². The highest BCUT2D eigenvalue weighted by Gasteiger charge is 2.34. The van der Waals surface area contributed by atoms with Crippen LogP contribution in [0.15, 0.2) is 0 Å². The topological polar surface area (TPSA) is 54.0 Å². The van der Waals surface area contributed by atoms with Gasteiger partial charge in [-0.1, -0.05) is 0 Å². The molecular formula is C10H18O5. The minimum atomic E-state index is -0.516. The molecule has 1 aliphatic rings. The van der Waals surface area contributed by atoms with Crippen LogP contribution in [-0.4, -0.2) is 44.8 Å². The summed E-state index contributed by atoms with van der Waals surface area (Å²) in [5.74, 6) is 0. The number of methoxy groups -OCH3 is 1. The largest absolute Gasteiger partial charge is 0.462 e. The normalized spacial score (nSPS) is 26.2. The Labute approximate surface area is 89.6 Å².